The van der Waals surface area contributed by atoms with Crippen molar-refractivity contribution in [1.82, 2.24) is 15.1 Å². The topological polar surface area (TPSA) is 84.3 Å². The lowest BCUT2D eigenvalue weighted by atomic mass is 10.2. The molecule has 1 atom stereocenters. The predicted octanol–water partition coefficient (Wildman–Crippen LogP) is 2.17. The quantitative estimate of drug-likeness (QED) is 0.819. The lowest BCUT2D eigenvalue weighted by molar-refractivity contribution is -0.122. The van der Waals surface area contributed by atoms with E-state index in [1.54, 1.807) is 13.8 Å². The first-order valence-electron chi connectivity index (χ1n) is 9.19. The van der Waals surface area contributed by atoms with Crippen LogP contribution in [0.2, 0.25) is 0 Å². The number of fused-ring (bicyclic) bond motifs is 1. The molecule has 0 saturated heterocycles. The summed E-state index contributed by atoms with van der Waals surface area (Å²) in [7, 11) is -3.74. The van der Waals surface area contributed by atoms with Crippen molar-refractivity contribution in [3.05, 3.63) is 41.2 Å². The van der Waals surface area contributed by atoms with Gasteiger partial charge in [-0.1, -0.05) is 25.1 Å². The summed E-state index contributed by atoms with van der Waals surface area (Å²) in [4.78, 5) is 12.4. The third-order valence-electron chi connectivity index (χ3n) is 5.02. The second-order valence-corrected chi connectivity index (χ2v) is 8.79. The number of rotatable bonds is 6. The Morgan fingerprint density at radius 1 is 1.30 bits per heavy atom. The van der Waals surface area contributed by atoms with Gasteiger partial charge in [-0.15, -0.1) is 0 Å². The van der Waals surface area contributed by atoms with Gasteiger partial charge in [-0.05, 0) is 45.2 Å². The van der Waals surface area contributed by atoms with E-state index in [-0.39, 0.29) is 23.4 Å². The van der Waals surface area contributed by atoms with Crippen LogP contribution in [-0.2, 0) is 27.8 Å². The van der Waals surface area contributed by atoms with Gasteiger partial charge in [-0.2, -0.15) is 5.10 Å². The van der Waals surface area contributed by atoms with E-state index in [9.17, 15) is 13.2 Å². The van der Waals surface area contributed by atoms with Gasteiger partial charge in [0, 0.05) is 12.6 Å². The number of amides is 1. The second-order valence-electron chi connectivity index (χ2n) is 6.99. The Balaban J connectivity index is 1.91. The highest BCUT2D eigenvalue weighted by atomic mass is 32.2. The zero-order chi connectivity index (χ0) is 19.8. The Morgan fingerprint density at radius 3 is 2.70 bits per heavy atom. The number of carbonyl (C=O) groups excluding carboxylic acids is 1. The van der Waals surface area contributed by atoms with Crippen LogP contribution in [0.15, 0.2) is 29.2 Å². The van der Waals surface area contributed by atoms with Crippen molar-refractivity contribution in [3.8, 4) is 0 Å². The predicted molar refractivity (Wildman–Crippen MR) is 104 cm³/mol. The minimum Gasteiger partial charge on any atom is -0.352 e. The van der Waals surface area contributed by atoms with Crippen molar-refractivity contribution in [2.45, 2.75) is 58.0 Å². The normalized spacial score (nSPS) is 14.9. The van der Waals surface area contributed by atoms with Gasteiger partial charge in [0.25, 0.3) is 10.0 Å². The highest BCUT2D eigenvalue weighted by Gasteiger charge is 2.35. The fraction of sp³-hybridized carbons (Fsp3) is 0.474. The SMILES string of the molecule is CC[C@@H](C)NC(=O)Cn1nc(C)c(S(=O)(=O)N2CCc3ccccc32)c1C. The number of nitrogens with zero attached hydrogens (tertiary/aromatic N) is 3. The molecule has 2 heterocycles. The van der Waals surface area contributed by atoms with Crippen LogP contribution in [0.5, 0.6) is 0 Å². The Morgan fingerprint density at radius 2 is 2.00 bits per heavy atom. The molecule has 3 rings (SSSR count). The Labute approximate surface area is 160 Å². The number of aryl methyl sites for hydroxylation is 1. The average Bonchev–Trinajstić information content (AvgIpc) is 3.16. The molecule has 0 unspecified atom stereocenters. The zero-order valence-electron chi connectivity index (χ0n) is 16.2. The number of benzene rings is 1. The molecule has 2 aromatic rings. The van der Waals surface area contributed by atoms with Crippen molar-refractivity contribution in [1.29, 1.82) is 0 Å². The molecule has 146 valence electrons. The maximum atomic E-state index is 13.3. The molecule has 1 aliphatic heterocycles. The number of carbonyl (C=O) groups is 1. The molecule has 1 aliphatic rings. The van der Waals surface area contributed by atoms with Gasteiger partial charge in [-0.25, -0.2) is 8.42 Å². The lowest BCUT2D eigenvalue weighted by Crippen LogP contribution is -2.35. The van der Waals surface area contributed by atoms with E-state index < -0.39 is 10.0 Å². The van der Waals surface area contributed by atoms with Gasteiger partial charge < -0.3 is 5.32 Å². The summed E-state index contributed by atoms with van der Waals surface area (Å²) in [5.74, 6) is -0.176. The summed E-state index contributed by atoms with van der Waals surface area (Å²) in [6.45, 7) is 7.71. The van der Waals surface area contributed by atoms with Crippen molar-refractivity contribution in [2.24, 2.45) is 0 Å². The molecule has 1 aromatic carbocycles. The maximum Gasteiger partial charge on any atom is 0.268 e. The first-order chi connectivity index (χ1) is 12.8. The molecule has 1 amide bonds. The van der Waals surface area contributed by atoms with E-state index in [2.05, 4.69) is 10.4 Å². The van der Waals surface area contributed by atoms with Crippen molar-refractivity contribution in [3.63, 3.8) is 0 Å². The summed E-state index contributed by atoms with van der Waals surface area (Å²) in [5.41, 5.74) is 2.64. The van der Waals surface area contributed by atoms with Crippen LogP contribution >= 0.6 is 0 Å². The van der Waals surface area contributed by atoms with Gasteiger partial charge in [0.05, 0.1) is 17.1 Å². The van der Waals surface area contributed by atoms with Crippen LogP contribution in [0.1, 0.15) is 37.2 Å². The largest absolute Gasteiger partial charge is 0.352 e. The van der Waals surface area contributed by atoms with Gasteiger partial charge in [0.2, 0.25) is 5.91 Å². The highest BCUT2D eigenvalue weighted by Crippen LogP contribution is 2.34. The van der Waals surface area contributed by atoms with Crippen LogP contribution in [0.4, 0.5) is 5.69 Å². The third-order valence-corrected chi connectivity index (χ3v) is 7.09. The highest BCUT2D eigenvalue weighted by molar-refractivity contribution is 7.93. The number of sulfonamides is 1. The van der Waals surface area contributed by atoms with E-state index in [4.69, 9.17) is 0 Å². The molecule has 1 N–H and O–H groups in total. The van der Waals surface area contributed by atoms with Crippen molar-refractivity contribution in [2.75, 3.05) is 10.8 Å². The molecule has 8 heteroatoms. The Hall–Kier alpha value is -2.35. The van der Waals surface area contributed by atoms with Gasteiger partial charge in [0.15, 0.2) is 0 Å². The van der Waals surface area contributed by atoms with Gasteiger partial charge in [-0.3, -0.25) is 13.8 Å². The number of aromatic nitrogens is 2. The summed E-state index contributed by atoms with van der Waals surface area (Å²) >= 11 is 0. The number of para-hydroxylation sites is 1. The van der Waals surface area contributed by atoms with Crippen LogP contribution in [0.25, 0.3) is 0 Å². The first-order valence-corrected chi connectivity index (χ1v) is 10.6. The van der Waals surface area contributed by atoms with E-state index in [0.717, 1.165) is 17.7 Å². The molecule has 0 spiro atoms. The molecule has 1 aromatic heterocycles. The third kappa shape index (κ3) is 3.58. The summed E-state index contributed by atoms with van der Waals surface area (Å²) in [6.07, 6.45) is 1.52. The molecular formula is C19H26N4O3S. The summed E-state index contributed by atoms with van der Waals surface area (Å²) < 4.78 is 29.6. The Bertz CT molecular complexity index is 965. The Kier molecular flexibility index (Phi) is 5.28. The number of hydrogen-bond donors (Lipinski definition) is 1. The maximum absolute atomic E-state index is 13.3. The molecule has 0 saturated carbocycles. The number of anilines is 1. The fourth-order valence-electron chi connectivity index (χ4n) is 3.43. The van der Waals surface area contributed by atoms with E-state index in [1.807, 2.05) is 38.1 Å². The van der Waals surface area contributed by atoms with Crippen LogP contribution in [-0.4, -0.2) is 36.7 Å². The minimum atomic E-state index is -3.74. The minimum absolute atomic E-state index is 0.00310. The standard InChI is InChI=1S/C19H26N4O3S/c1-5-13(2)20-18(24)12-22-15(4)19(14(3)21-22)27(25,26)23-11-10-16-8-6-7-9-17(16)23/h6-9,13H,5,10-12H2,1-4H3,(H,20,24)/t13-/m1/s1. The smallest absolute Gasteiger partial charge is 0.268 e. The summed E-state index contributed by atoms with van der Waals surface area (Å²) in [5, 5.41) is 7.21. The molecule has 0 aliphatic carbocycles. The van der Waals surface area contributed by atoms with Crippen LogP contribution in [0, 0.1) is 13.8 Å². The van der Waals surface area contributed by atoms with Crippen molar-refractivity contribution >= 4 is 21.6 Å². The first kappa shape index (κ1) is 19.4. The number of nitrogens with one attached hydrogen (secondary N) is 1. The molecular weight excluding hydrogens is 364 g/mol. The average molecular weight is 391 g/mol. The van der Waals surface area contributed by atoms with Crippen LogP contribution in [0.3, 0.4) is 0 Å². The molecule has 7 nitrogen and oxygen atoms in total. The number of hydrogen-bond acceptors (Lipinski definition) is 4. The van der Waals surface area contributed by atoms with Gasteiger partial charge in [0.1, 0.15) is 11.4 Å². The lowest BCUT2D eigenvalue weighted by Gasteiger charge is -2.19. The van der Waals surface area contributed by atoms with E-state index in [0.29, 0.717) is 24.4 Å². The zero-order valence-corrected chi connectivity index (χ0v) is 17.0. The van der Waals surface area contributed by atoms with Crippen molar-refractivity contribution < 1.29 is 13.2 Å². The monoisotopic (exact) mass is 390 g/mol. The van der Waals surface area contributed by atoms with E-state index in [1.165, 1.54) is 8.99 Å². The molecule has 0 bridgehead atoms. The molecule has 27 heavy (non-hydrogen) atoms. The van der Waals surface area contributed by atoms with Crippen LogP contribution < -0.4 is 9.62 Å². The van der Waals surface area contributed by atoms with E-state index >= 15 is 0 Å². The molecule has 0 radical (unpaired) electrons. The second kappa shape index (κ2) is 7.34. The summed E-state index contributed by atoms with van der Waals surface area (Å²) in [6, 6.07) is 7.61. The molecule has 0 fully saturated rings. The van der Waals surface area contributed by atoms with Gasteiger partial charge >= 0.3 is 0 Å². The fourth-order valence-corrected chi connectivity index (χ4v) is 5.32.